The van der Waals surface area contributed by atoms with Crippen LogP contribution >= 0.6 is 0 Å². The van der Waals surface area contributed by atoms with Gasteiger partial charge in [0.15, 0.2) is 0 Å². The maximum absolute atomic E-state index is 12.2. The van der Waals surface area contributed by atoms with E-state index in [4.69, 9.17) is 9.47 Å². The summed E-state index contributed by atoms with van der Waals surface area (Å²) in [6.07, 6.45) is 3.00. The zero-order chi connectivity index (χ0) is 20.6. The second kappa shape index (κ2) is 9.54. The number of nitrogens with zero attached hydrogens (tertiary/aromatic N) is 2. The van der Waals surface area contributed by atoms with Crippen LogP contribution in [0.4, 0.5) is 11.5 Å². The number of anilines is 2. The van der Waals surface area contributed by atoms with Gasteiger partial charge in [-0.15, -0.1) is 0 Å². The molecule has 0 spiro atoms. The number of carbonyl (C=O) groups is 1. The van der Waals surface area contributed by atoms with Gasteiger partial charge in [0.25, 0.3) is 5.91 Å². The van der Waals surface area contributed by atoms with Crippen LogP contribution in [-0.4, -0.2) is 36.1 Å². The fraction of sp³-hybridized carbons (Fsp3) is 0.227. The molecule has 0 aliphatic carbocycles. The third-order valence-electron chi connectivity index (χ3n) is 4.26. The van der Waals surface area contributed by atoms with Gasteiger partial charge in [-0.3, -0.25) is 4.79 Å². The summed E-state index contributed by atoms with van der Waals surface area (Å²) in [4.78, 5) is 20.7. The quantitative estimate of drug-likeness (QED) is 0.569. The lowest BCUT2D eigenvalue weighted by molar-refractivity contribution is 0.0941. The van der Waals surface area contributed by atoms with Crippen LogP contribution in [0.25, 0.3) is 0 Å². The zero-order valence-electron chi connectivity index (χ0n) is 16.7. The third-order valence-corrected chi connectivity index (χ3v) is 4.26. The molecule has 0 radical (unpaired) electrons. The first-order valence-corrected chi connectivity index (χ1v) is 9.26. The topological polar surface area (TPSA) is 85.4 Å². The minimum Gasteiger partial charge on any atom is -0.497 e. The Morgan fingerprint density at radius 3 is 2.45 bits per heavy atom. The number of amides is 1. The monoisotopic (exact) mass is 392 g/mol. The number of hydrogen-bond acceptors (Lipinski definition) is 6. The van der Waals surface area contributed by atoms with E-state index in [-0.39, 0.29) is 11.6 Å². The molecule has 2 aromatic carbocycles. The van der Waals surface area contributed by atoms with Crippen molar-refractivity contribution < 1.29 is 14.3 Å². The highest BCUT2D eigenvalue weighted by molar-refractivity contribution is 5.92. The second-order valence-corrected chi connectivity index (χ2v) is 6.51. The Bertz CT molecular complexity index is 957. The van der Waals surface area contributed by atoms with Crippen LogP contribution in [0.15, 0.2) is 54.9 Å². The standard InChI is InChI=1S/C22H24N4O3/c1-15-4-5-16(2)19(12-15)26-21-14-24-20(13-25-21)22(27)23-10-11-29-18-8-6-17(28-3)7-9-18/h4-9,12-14H,10-11H2,1-3H3,(H,23,27)(H,25,26). The summed E-state index contributed by atoms with van der Waals surface area (Å²) in [5.41, 5.74) is 3.48. The summed E-state index contributed by atoms with van der Waals surface area (Å²) >= 11 is 0. The predicted molar refractivity (Wildman–Crippen MR) is 112 cm³/mol. The van der Waals surface area contributed by atoms with Gasteiger partial charge in [-0.05, 0) is 55.3 Å². The van der Waals surface area contributed by atoms with Gasteiger partial charge >= 0.3 is 0 Å². The number of benzene rings is 2. The van der Waals surface area contributed by atoms with Gasteiger partial charge < -0.3 is 20.1 Å². The SMILES string of the molecule is COc1ccc(OCCNC(=O)c2cnc(Nc3cc(C)ccc3C)cn2)cc1. The molecule has 1 aromatic heterocycles. The fourth-order valence-corrected chi connectivity index (χ4v) is 2.61. The molecule has 3 rings (SSSR count). The highest BCUT2D eigenvalue weighted by atomic mass is 16.5. The first kappa shape index (κ1) is 20.1. The van der Waals surface area contributed by atoms with Crippen molar-refractivity contribution in [3.05, 3.63) is 71.7 Å². The lowest BCUT2D eigenvalue weighted by Gasteiger charge is -2.10. The highest BCUT2D eigenvalue weighted by Crippen LogP contribution is 2.20. The molecule has 0 unspecified atom stereocenters. The number of rotatable bonds is 8. The number of ether oxygens (including phenoxy) is 2. The van der Waals surface area contributed by atoms with Crippen molar-refractivity contribution in [2.24, 2.45) is 0 Å². The summed E-state index contributed by atoms with van der Waals surface area (Å²) in [5, 5.41) is 5.99. The van der Waals surface area contributed by atoms with Crippen LogP contribution < -0.4 is 20.1 Å². The molecule has 29 heavy (non-hydrogen) atoms. The van der Waals surface area contributed by atoms with Crippen molar-refractivity contribution in [3.8, 4) is 11.5 Å². The summed E-state index contributed by atoms with van der Waals surface area (Å²) in [6.45, 7) is 4.75. The predicted octanol–water partition coefficient (Wildman–Crippen LogP) is 3.65. The first-order valence-electron chi connectivity index (χ1n) is 9.26. The van der Waals surface area contributed by atoms with E-state index in [1.54, 1.807) is 13.3 Å². The van der Waals surface area contributed by atoms with Crippen molar-refractivity contribution in [3.63, 3.8) is 0 Å². The maximum Gasteiger partial charge on any atom is 0.271 e. The molecule has 1 heterocycles. The first-order chi connectivity index (χ1) is 14.0. The van der Waals surface area contributed by atoms with E-state index in [2.05, 4.69) is 26.7 Å². The largest absolute Gasteiger partial charge is 0.497 e. The van der Waals surface area contributed by atoms with Gasteiger partial charge in [0.1, 0.15) is 29.6 Å². The summed E-state index contributed by atoms with van der Waals surface area (Å²) in [5.74, 6) is 1.76. The van der Waals surface area contributed by atoms with Gasteiger partial charge in [0, 0.05) is 5.69 Å². The van der Waals surface area contributed by atoms with Crippen LogP contribution in [0.5, 0.6) is 11.5 Å². The van der Waals surface area contributed by atoms with Crippen LogP contribution in [0.3, 0.4) is 0 Å². The van der Waals surface area contributed by atoms with Gasteiger partial charge in [-0.2, -0.15) is 0 Å². The van der Waals surface area contributed by atoms with Crippen molar-refractivity contribution in [1.29, 1.82) is 0 Å². The van der Waals surface area contributed by atoms with E-state index in [1.807, 2.05) is 50.2 Å². The van der Waals surface area contributed by atoms with Crippen molar-refractivity contribution >= 4 is 17.4 Å². The molecular weight excluding hydrogens is 368 g/mol. The molecule has 7 nitrogen and oxygen atoms in total. The highest BCUT2D eigenvalue weighted by Gasteiger charge is 2.08. The Morgan fingerprint density at radius 1 is 1.00 bits per heavy atom. The molecule has 7 heteroatoms. The Hall–Kier alpha value is -3.61. The van der Waals surface area contributed by atoms with E-state index in [9.17, 15) is 4.79 Å². The van der Waals surface area contributed by atoms with Gasteiger partial charge in [0.2, 0.25) is 0 Å². The number of aryl methyl sites for hydroxylation is 2. The van der Waals surface area contributed by atoms with E-state index in [0.717, 1.165) is 22.6 Å². The van der Waals surface area contributed by atoms with Crippen molar-refractivity contribution in [2.45, 2.75) is 13.8 Å². The molecule has 0 bridgehead atoms. The van der Waals surface area contributed by atoms with Crippen LogP contribution in [0, 0.1) is 13.8 Å². The number of methoxy groups -OCH3 is 1. The summed E-state index contributed by atoms with van der Waals surface area (Å²) in [7, 11) is 1.61. The number of aromatic nitrogens is 2. The Labute approximate surface area is 170 Å². The lowest BCUT2D eigenvalue weighted by Crippen LogP contribution is -2.28. The van der Waals surface area contributed by atoms with Crippen LogP contribution in [0.1, 0.15) is 21.6 Å². The molecule has 0 saturated heterocycles. The molecule has 2 N–H and O–H groups in total. The number of nitrogens with one attached hydrogen (secondary N) is 2. The van der Waals surface area contributed by atoms with Crippen LogP contribution in [0.2, 0.25) is 0 Å². The minimum absolute atomic E-state index is 0.251. The van der Waals surface area contributed by atoms with Crippen molar-refractivity contribution in [1.82, 2.24) is 15.3 Å². The van der Waals surface area contributed by atoms with Gasteiger partial charge in [0.05, 0.1) is 26.0 Å². The Balaban J connectivity index is 1.47. The Morgan fingerprint density at radius 2 is 1.76 bits per heavy atom. The molecule has 0 aliphatic heterocycles. The van der Waals surface area contributed by atoms with E-state index in [1.165, 1.54) is 6.20 Å². The number of carbonyl (C=O) groups excluding carboxylic acids is 1. The summed E-state index contributed by atoms with van der Waals surface area (Å²) < 4.78 is 10.7. The average molecular weight is 392 g/mol. The molecule has 0 aliphatic rings. The lowest BCUT2D eigenvalue weighted by atomic mass is 10.1. The normalized spacial score (nSPS) is 10.3. The van der Waals surface area contributed by atoms with E-state index < -0.39 is 0 Å². The summed E-state index contributed by atoms with van der Waals surface area (Å²) in [6, 6.07) is 13.4. The fourth-order valence-electron chi connectivity index (χ4n) is 2.61. The average Bonchev–Trinajstić information content (AvgIpc) is 2.74. The van der Waals surface area contributed by atoms with Gasteiger partial charge in [-0.1, -0.05) is 12.1 Å². The molecular formula is C22H24N4O3. The smallest absolute Gasteiger partial charge is 0.271 e. The molecule has 150 valence electrons. The van der Waals surface area contributed by atoms with Crippen LogP contribution in [-0.2, 0) is 0 Å². The molecule has 0 atom stereocenters. The molecule has 0 saturated carbocycles. The molecule has 3 aromatic rings. The third kappa shape index (κ3) is 5.68. The number of hydrogen-bond donors (Lipinski definition) is 2. The van der Waals surface area contributed by atoms with E-state index in [0.29, 0.717) is 24.7 Å². The van der Waals surface area contributed by atoms with Crippen molar-refractivity contribution in [2.75, 3.05) is 25.6 Å². The Kier molecular flexibility index (Phi) is 6.63. The van der Waals surface area contributed by atoms with E-state index >= 15 is 0 Å². The second-order valence-electron chi connectivity index (χ2n) is 6.51. The maximum atomic E-state index is 12.2. The molecule has 1 amide bonds. The minimum atomic E-state index is -0.297. The van der Waals surface area contributed by atoms with Gasteiger partial charge in [-0.25, -0.2) is 9.97 Å². The zero-order valence-corrected chi connectivity index (χ0v) is 16.7. The molecule has 0 fully saturated rings.